The molecule has 2 aromatic rings. The van der Waals surface area contributed by atoms with Gasteiger partial charge in [-0.05, 0) is 82.3 Å². The van der Waals surface area contributed by atoms with Crippen molar-refractivity contribution in [1.29, 1.82) is 0 Å². The predicted molar refractivity (Wildman–Crippen MR) is 114 cm³/mol. The maximum absolute atomic E-state index is 6.45. The molecule has 0 aliphatic heterocycles. The molecule has 2 nitrogen and oxygen atoms in total. The van der Waals surface area contributed by atoms with E-state index in [4.69, 9.17) is 11.5 Å². The highest BCUT2D eigenvalue weighted by molar-refractivity contribution is 5.75. The van der Waals surface area contributed by atoms with Gasteiger partial charge in [0.25, 0.3) is 0 Å². The SMILES string of the molecule is C.CCc1cc(-c2cc(C(C)C)c(N)c(C(C)C)c2)cc(CC)c1N. The highest BCUT2D eigenvalue weighted by Gasteiger charge is 2.15. The van der Waals surface area contributed by atoms with E-state index in [1.165, 1.54) is 33.4 Å². The van der Waals surface area contributed by atoms with Crippen LogP contribution in [0.2, 0.25) is 0 Å². The summed E-state index contributed by atoms with van der Waals surface area (Å²) in [5, 5.41) is 0. The Hall–Kier alpha value is -1.96. The maximum atomic E-state index is 6.45. The van der Waals surface area contributed by atoms with Gasteiger partial charge in [-0.2, -0.15) is 0 Å². The molecule has 138 valence electrons. The maximum Gasteiger partial charge on any atom is 0.0384 e. The largest absolute Gasteiger partial charge is 0.398 e. The van der Waals surface area contributed by atoms with Crippen LogP contribution in [0.15, 0.2) is 24.3 Å². The topological polar surface area (TPSA) is 52.0 Å². The molecule has 2 aromatic carbocycles. The van der Waals surface area contributed by atoms with Crippen LogP contribution in [0, 0.1) is 0 Å². The Kier molecular flexibility index (Phi) is 7.10. The highest BCUT2D eigenvalue weighted by Crippen LogP contribution is 2.36. The van der Waals surface area contributed by atoms with Gasteiger partial charge in [-0.1, -0.05) is 49.0 Å². The molecule has 2 heteroatoms. The number of hydrogen-bond donors (Lipinski definition) is 2. The standard InChI is InChI=1S/C22H32N2.CH4/c1-7-15-9-17(10-16(8-2)21(15)23)18-11-19(13(3)4)22(24)20(12-18)14(5)6;/h9-14H,7-8,23-24H2,1-6H3;1H4. The zero-order valence-corrected chi connectivity index (χ0v) is 16.0. The summed E-state index contributed by atoms with van der Waals surface area (Å²) >= 11 is 0. The molecule has 0 heterocycles. The highest BCUT2D eigenvalue weighted by atomic mass is 14.6. The van der Waals surface area contributed by atoms with E-state index < -0.39 is 0 Å². The summed E-state index contributed by atoms with van der Waals surface area (Å²) in [6.07, 6.45) is 1.91. The zero-order valence-electron chi connectivity index (χ0n) is 16.0. The Morgan fingerprint density at radius 1 is 0.680 bits per heavy atom. The molecule has 0 aromatic heterocycles. The third kappa shape index (κ3) is 4.18. The van der Waals surface area contributed by atoms with E-state index in [0.29, 0.717) is 11.8 Å². The van der Waals surface area contributed by atoms with Crippen LogP contribution >= 0.6 is 0 Å². The third-order valence-electron chi connectivity index (χ3n) is 4.93. The predicted octanol–water partition coefficient (Wildman–Crippen LogP) is 6.53. The fraction of sp³-hybridized carbons (Fsp3) is 0.478. The molecule has 0 unspecified atom stereocenters. The van der Waals surface area contributed by atoms with E-state index in [-0.39, 0.29) is 7.43 Å². The van der Waals surface area contributed by atoms with E-state index in [0.717, 1.165) is 24.2 Å². The first-order chi connectivity index (χ1) is 11.3. The summed E-state index contributed by atoms with van der Waals surface area (Å²) in [6.45, 7) is 13.2. The number of nitrogen functional groups attached to an aromatic ring is 2. The van der Waals surface area contributed by atoms with Crippen molar-refractivity contribution < 1.29 is 0 Å². The van der Waals surface area contributed by atoms with E-state index in [1.807, 2.05) is 0 Å². The fourth-order valence-corrected chi connectivity index (χ4v) is 3.35. The Balaban J connectivity index is 0.00000312. The van der Waals surface area contributed by atoms with Crippen LogP contribution in [0.25, 0.3) is 11.1 Å². The fourth-order valence-electron chi connectivity index (χ4n) is 3.35. The second kappa shape index (κ2) is 8.42. The summed E-state index contributed by atoms with van der Waals surface area (Å²) in [6, 6.07) is 9.01. The molecule has 0 saturated heterocycles. The lowest BCUT2D eigenvalue weighted by Gasteiger charge is -2.20. The van der Waals surface area contributed by atoms with Gasteiger partial charge in [0.15, 0.2) is 0 Å². The second-order valence-corrected chi connectivity index (χ2v) is 7.29. The first-order valence-corrected chi connectivity index (χ1v) is 9.14. The molecule has 0 radical (unpaired) electrons. The number of nitrogens with two attached hydrogens (primary N) is 2. The Morgan fingerprint density at radius 3 is 1.36 bits per heavy atom. The molecular formula is C23H36N2. The first kappa shape index (κ1) is 21.1. The molecule has 0 bridgehead atoms. The van der Waals surface area contributed by atoms with Gasteiger partial charge < -0.3 is 11.5 Å². The summed E-state index contributed by atoms with van der Waals surface area (Å²) in [4.78, 5) is 0. The molecule has 0 spiro atoms. The molecule has 0 atom stereocenters. The Labute approximate surface area is 154 Å². The minimum Gasteiger partial charge on any atom is -0.398 e. The van der Waals surface area contributed by atoms with Gasteiger partial charge in [0.2, 0.25) is 0 Å². The van der Waals surface area contributed by atoms with Crippen molar-refractivity contribution in [2.24, 2.45) is 0 Å². The molecule has 4 N–H and O–H groups in total. The normalized spacial score (nSPS) is 11.0. The van der Waals surface area contributed by atoms with E-state index in [9.17, 15) is 0 Å². The van der Waals surface area contributed by atoms with Gasteiger partial charge in [-0.15, -0.1) is 0 Å². The van der Waals surface area contributed by atoms with Crippen molar-refractivity contribution >= 4 is 11.4 Å². The summed E-state index contributed by atoms with van der Waals surface area (Å²) < 4.78 is 0. The van der Waals surface area contributed by atoms with Gasteiger partial charge in [-0.3, -0.25) is 0 Å². The van der Waals surface area contributed by atoms with Gasteiger partial charge in [0.05, 0.1) is 0 Å². The molecule has 2 rings (SSSR count). The van der Waals surface area contributed by atoms with Crippen molar-refractivity contribution in [1.82, 2.24) is 0 Å². The summed E-state index contributed by atoms with van der Waals surface area (Å²) in [7, 11) is 0. The van der Waals surface area contributed by atoms with Crippen LogP contribution < -0.4 is 11.5 Å². The van der Waals surface area contributed by atoms with Crippen LogP contribution in [0.4, 0.5) is 11.4 Å². The lowest BCUT2D eigenvalue weighted by atomic mass is 9.87. The zero-order chi connectivity index (χ0) is 18.0. The minimum atomic E-state index is 0. The number of aryl methyl sites for hydroxylation is 2. The minimum absolute atomic E-state index is 0. The summed E-state index contributed by atoms with van der Waals surface area (Å²) in [5.74, 6) is 0.819. The average Bonchev–Trinajstić information content (AvgIpc) is 2.54. The quantitative estimate of drug-likeness (QED) is 0.608. The molecule has 0 amide bonds. The number of benzene rings is 2. The van der Waals surface area contributed by atoms with E-state index in [1.54, 1.807) is 0 Å². The monoisotopic (exact) mass is 340 g/mol. The lowest BCUT2D eigenvalue weighted by Crippen LogP contribution is -2.04. The lowest BCUT2D eigenvalue weighted by molar-refractivity contribution is 0.840. The van der Waals surface area contributed by atoms with Crippen LogP contribution in [0.5, 0.6) is 0 Å². The van der Waals surface area contributed by atoms with Gasteiger partial charge >= 0.3 is 0 Å². The Morgan fingerprint density at radius 2 is 1.04 bits per heavy atom. The van der Waals surface area contributed by atoms with Gasteiger partial charge in [-0.25, -0.2) is 0 Å². The number of anilines is 2. The van der Waals surface area contributed by atoms with Crippen molar-refractivity contribution in [3.05, 3.63) is 46.5 Å². The molecule has 0 saturated carbocycles. The van der Waals surface area contributed by atoms with Crippen molar-refractivity contribution in [2.45, 2.75) is 73.6 Å². The molecule has 0 fully saturated rings. The smallest absolute Gasteiger partial charge is 0.0384 e. The number of hydrogen-bond acceptors (Lipinski definition) is 2. The van der Waals surface area contributed by atoms with Crippen LogP contribution in [-0.4, -0.2) is 0 Å². The van der Waals surface area contributed by atoms with Crippen LogP contribution in [0.3, 0.4) is 0 Å². The van der Waals surface area contributed by atoms with Gasteiger partial charge in [0, 0.05) is 11.4 Å². The molecule has 25 heavy (non-hydrogen) atoms. The first-order valence-electron chi connectivity index (χ1n) is 9.14. The van der Waals surface area contributed by atoms with Gasteiger partial charge in [0.1, 0.15) is 0 Å². The van der Waals surface area contributed by atoms with E-state index in [2.05, 4.69) is 65.8 Å². The van der Waals surface area contributed by atoms with Crippen LogP contribution in [-0.2, 0) is 12.8 Å². The average molecular weight is 341 g/mol. The molecular weight excluding hydrogens is 304 g/mol. The van der Waals surface area contributed by atoms with Crippen molar-refractivity contribution in [3.8, 4) is 11.1 Å². The van der Waals surface area contributed by atoms with Crippen molar-refractivity contribution in [3.63, 3.8) is 0 Å². The second-order valence-electron chi connectivity index (χ2n) is 7.29. The van der Waals surface area contributed by atoms with Crippen molar-refractivity contribution in [2.75, 3.05) is 11.5 Å². The summed E-state index contributed by atoms with van der Waals surface area (Å²) in [5.41, 5.74) is 22.1. The van der Waals surface area contributed by atoms with Crippen LogP contribution in [0.1, 0.15) is 83.1 Å². The Bertz CT molecular complexity index is 673. The number of rotatable bonds is 5. The third-order valence-corrected chi connectivity index (χ3v) is 4.93. The van der Waals surface area contributed by atoms with E-state index >= 15 is 0 Å². The molecule has 0 aliphatic carbocycles. The molecule has 0 aliphatic rings.